The smallest absolute Gasteiger partial charge is 0.329 e. The molecule has 6 N–H and O–H groups in total. The standard InChI is InChI=1S/C57H105N5O19/c1-56(2,3)80-54(70)24-22-20-18-16-14-12-10-8-7-9-11-13-15-17-19-21-23-49(64)62-47(55(71)81-57(4,5)6)25-26-48(63)58-27-31-72-35-39-76-43-50(65)59-28-32-73-36-40-77-44-51(66)60-29-33-74-37-41-78-45-52(67)61-30-34-75-38-42-79-46-53(68)69/h47H,7-46H2,1-6H3,(H,58,63)(H,59,65)(H,60,66)(H,61,67)(H,62,64)(H,68,69)/t47-/m0/s1. The van der Waals surface area contributed by atoms with Crippen LogP contribution in [0.4, 0.5) is 0 Å². The fourth-order valence-electron chi connectivity index (χ4n) is 7.41. The van der Waals surface area contributed by atoms with Crippen molar-refractivity contribution in [1.82, 2.24) is 26.6 Å². The van der Waals surface area contributed by atoms with Gasteiger partial charge < -0.3 is 79.1 Å². The third-order valence-electron chi connectivity index (χ3n) is 11.3. The lowest BCUT2D eigenvalue weighted by Gasteiger charge is -2.24. The molecule has 0 aromatic heterocycles. The van der Waals surface area contributed by atoms with E-state index in [0.29, 0.717) is 12.8 Å². The number of ether oxygens (including phenoxy) is 10. The van der Waals surface area contributed by atoms with Crippen molar-refractivity contribution >= 4 is 47.4 Å². The van der Waals surface area contributed by atoms with Crippen molar-refractivity contribution in [3.05, 3.63) is 0 Å². The summed E-state index contributed by atoms with van der Waals surface area (Å²) in [6.07, 6.45) is 19.2. The molecule has 0 saturated carbocycles. The molecule has 0 radical (unpaired) electrons. The molecule has 0 aliphatic carbocycles. The third kappa shape index (κ3) is 58.4. The maximum Gasteiger partial charge on any atom is 0.329 e. The molecule has 0 aromatic carbocycles. The molecule has 0 rings (SSSR count). The van der Waals surface area contributed by atoms with E-state index in [2.05, 4.69) is 26.6 Å². The number of carboxylic acids is 1. The summed E-state index contributed by atoms with van der Waals surface area (Å²) < 4.78 is 53.0. The van der Waals surface area contributed by atoms with Crippen molar-refractivity contribution in [3.63, 3.8) is 0 Å². The number of nitrogens with one attached hydrogen (secondary N) is 5. The van der Waals surface area contributed by atoms with Crippen molar-refractivity contribution in [2.24, 2.45) is 0 Å². The molecule has 0 unspecified atom stereocenters. The molecule has 0 heterocycles. The average Bonchev–Trinajstić information content (AvgIpc) is 3.39. The van der Waals surface area contributed by atoms with Gasteiger partial charge in [0.05, 0.1) is 79.3 Å². The average molecular weight is 1160 g/mol. The lowest BCUT2D eigenvalue weighted by Crippen LogP contribution is -2.44. The van der Waals surface area contributed by atoms with Crippen LogP contribution in [-0.4, -0.2) is 202 Å². The van der Waals surface area contributed by atoms with E-state index in [1.165, 1.54) is 64.2 Å². The van der Waals surface area contributed by atoms with Gasteiger partial charge in [0.25, 0.3) is 0 Å². The van der Waals surface area contributed by atoms with Gasteiger partial charge >= 0.3 is 17.9 Å². The number of aliphatic carboxylic acids is 1. The monoisotopic (exact) mass is 1160 g/mol. The third-order valence-corrected chi connectivity index (χ3v) is 11.3. The normalized spacial score (nSPS) is 11.9. The van der Waals surface area contributed by atoms with Gasteiger partial charge in [-0.3, -0.25) is 28.8 Å². The van der Waals surface area contributed by atoms with E-state index in [0.717, 1.165) is 38.5 Å². The highest BCUT2D eigenvalue weighted by molar-refractivity contribution is 5.85. The molecule has 81 heavy (non-hydrogen) atoms. The summed E-state index contributed by atoms with van der Waals surface area (Å²) in [5.74, 6) is -3.24. The molecule has 472 valence electrons. The lowest BCUT2D eigenvalue weighted by atomic mass is 10.0. The van der Waals surface area contributed by atoms with Crippen molar-refractivity contribution < 1.29 is 90.8 Å². The predicted molar refractivity (Wildman–Crippen MR) is 302 cm³/mol. The molecular weight excluding hydrogens is 1060 g/mol. The summed E-state index contributed by atoms with van der Waals surface area (Å²) in [5, 5.41) is 21.9. The molecule has 1 atom stereocenters. The van der Waals surface area contributed by atoms with Gasteiger partial charge in [-0.15, -0.1) is 0 Å². The topological polar surface area (TPSA) is 309 Å². The molecule has 5 amide bonds. The number of carbonyl (C=O) groups is 8. The number of esters is 2. The zero-order valence-corrected chi connectivity index (χ0v) is 50.2. The number of rotatable bonds is 56. The quantitative estimate of drug-likeness (QED) is 0.0357. The minimum Gasteiger partial charge on any atom is -0.480 e. The van der Waals surface area contributed by atoms with Crippen LogP contribution < -0.4 is 26.6 Å². The number of hydrogen-bond acceptors (Lipinski definition) is 18. The summed E-state index contributed by atoms with van der Waals surface area (Å²) >= 11 is 0. The van der Waals surface area contributed by atoms with E-state index in [9.17, 15) is 38.4 Å². The van der Waals surface area contributed by atoms with Gasteiger partial charge in [0.2, 0.25) is 29.5 Å². The largest absolute Gasteiger partial charge is 0.480 e. The summed E-state index contributed by atoms with van der Waals surface area (Å²) in [6, 6.07) is -0.946. The lowest BCUT2D eigenvalue weighted by molar-refractivity contribution is -0.159. The van der Waals surface area contributed by atoms with Crippen LogP contribution in [0.15, 0.2) is 0 Å². The van der Waals surface area contributed by atoms with Gasteiger partial charge in [-0.1, -0.05) is 89.9 Å². The van der Waals surface area contributed by atoms with Crippen LogP contribution in [0.1, 0.15) is 170 Å². The Balaban J connectivity index is 3.83. The molecular formula is C57H105N5O19. The predicted octanol–water partition coefficient (Wildman–Crippen LogP) is 4.64. The van der Waals surface area contributed by atoms with Gasteiger partial charge in [-0.25, -0.2) is 9.59 Å². The maximum atomic E-state index is 13.0. The van der Waals surface area contributed by atoms with Crippen LogP contribution >= 0.6 is 0 Å². The Labute approximate surface area is 482 Å². The molecule has 24 nitrogen and oxygen atoms in total. The highest BCUT2D eigenvalue weighted by atomic mass is 16.6. The fourth-order valence-corrected chi connectivity index (χ4v) is 7.41. The zero-order chi connectivity index (χ0) is 60.1. The first-order valence-corrected chi connectivity index (χ1v) is 29.4. The van der Waals surface area contributed by atoms with Crippen LogP contribution in [0.25, 0.3) is 0 Å². The van der Waals surface area contributed by atoms with E-state index in [-0.39, 0.29) is 180 Å². The minimum atomic E-state index is -1.06. The van der Waals surface area contributed by atoms with Gasteiger partial charge in [0.15, 0.2) is 0 Å². The van der Waals surface area contributed by atoms with Crippen LogP contribution in [-0.2, 0) is 85.7 Å². The highest BCUT2D eigenvalue weighted by Gasteiger charge is 2.27. The van der Waals surface area contributed by atoms with Crippen molar-refractivity contribution in [2.45, 2.75) is 187 Å². The molecule has 0 spiro atoms. The molecule has 0 aromatic rings. The van der Waals surface area contributed by atoms with E-state index in [1.807, 2.05) is 20.8 Å². The summed E-state index contributed by atoms with van der Waals surface area (Å²) in [6.45, 7) is 13.6. The second-order valence-electron chi connectivity index (χ2n) is 21.4. The molecule has 0 saturated heterocycles. The second-order valence-corrected chi connectivity index (χ2v) is 21.4. The first-order valence-electron chi connectivity index (χ1n) is 29.4. The number of unbranched alkanes of at least 4 members (excludes halogenated alkanes) is 15. The zero-order valence-electron chi connectivity index (χ0n) is 50.2. The summed E-state index contributed by atoms with van der Waals surface area (Å²) in [4.78, 5) is 96.2. The number of amides is 5. The van der Waals surface area contributed by atoms with Crippen LogP contribution in [0.5, 0.6) is 0 Å². The van der Waals surface area contributed by atoms with E-state index >= 15 is 0 Å². The maximum absolute atomic E-state index is 13.0. The van der Waals surface area contributed by atoms with Gasteiger partial charge in [-0.2, -0.15) is 0 Å². The number of carbonyl (C=O) groups excluding carboxylic acids is 7. The van der Waals surface area contributed by atoms with Gasteiger partial charge in [0.1, 0.15) is 43.7 Å². The van der Waals surface area contributed by atoms with Crippen molar-refractivity contribution in [1.29, 1.82) is 0 Å². The van der Waals surface area contributed by atoms with E-state index in [1.54, 1.807) is 20.8 Å². The number of carboxylic acid groups (broad SMARTS) is 1. The fraction of sp³-hybridized carbons (Fsp3) is 0.860. The van der Waals surface area contributed by atoms with E-state index in [4.69, 9.17) is 52.5 Å². The molecule has 0 aliphatic rings. The Kier molecular flexibility index (Phi) is 49.3. The first kappa shape index (κ1) is 76.4. The molecule has 0 aliphatic heterocycles. The Morgan fingerprint density at radius 1 is 0.346 bits per heavy atom. The van der Waals surface area contributed by atoms with Crippen LogP contribution in [0.3, 0.4) is 0 Å². The Hall–Kier alpha value is -4.56. The first-order chi connectivity index (χ1) is 38.8. The van der Waals surface area contributed by atoms with Crippen LogP contribution in [0, 0.1) is 0 Å². The SMILES string of the molecule is CC(C)(C)OC(=O)CCCCCCCCCCCCCCCCCCC(=O)N[C@@H](CCC(=O)NCCOCCOCC(=O)NCCOCCOCC(=O)NCCOCCOCC(=O)NCCOCCOCC(=O)O)C(=O)OC(C)(C)C. The molecule has 0 bridgehead atoms. The highest BCUT2D eigenvalue weighted by Crippen LogP contribution is 2.16. The Morgan fingerprint density at radius 3 is 1.00 bits per heavy atom. The minimum absolute atomic E-state index is 0.00394. The second kappa shape index (κ2) is 52.3. The summed E-state index contributed by atoms with van der Waals surface area (Å²) in [5.41, 5.74) is -1.16. The molecule has 24 heteroatoms. The Morgan fingerprint density at radius 2 is 0.654 bits per heavy atom. The van der Waals surface area contributed by atoms with Crippen molar-refractivity contribution in [3.8, 4) is 0 Å². The number of hydrogen-bond donors (Lipinski definition) is 6. The van der Waals surface area contributed by atoms with Crippen LogP contribution in [0.2, 0.25) is 0 Å². The van der Waals surface area contributed by atoms with E-state index < -0.39 is 29.2 Å². The summed E-state index contributed by atoms with van der Waals surface area (Å²) in [7, 11) is 0. The van der Waals surface area contributed by atoms with Gasteiger partial charge in [-0.05, 0) is 60.8 Å². The van der Waals surface area contributed by atoms with Crippen molar-refractivity contribution in [2.75, 3.05) is 132 Å². The van der Waals surface area contributed by atoms with Gasteiger partial charge in [0, 0.05) is 45.4 Å². The Bertz CT molecular complexity index is 1660. The molecule has 0 fully saturated rings.